The van der Waals surface area contributed by atoms with Gasteiger partial charge in [-0.3, -0.25) is 9.59 Å². The summed E-state index contributed by atoms with van der Waals surface area (Å²) in [6.45, 7) is 2.67. The first-order valence-electron chi connectivity index (χ1n) is 7.32. The van der Waals surface area contributed by atoms with Crippen LogP contribution in [0, 0.1) is 6.92 Å². The Morgan fingerprint density at radius 2 is 2.00 bits per heavy atom. The molecule has 0 aliphatic heterocycles. The van der Waals surface area contributed by atoms with Gasteiger partial charge in [-0.1, -0.05) is 6.07 Å². The van der Waals surface area contributed by atoms with Crippen molar-refractivity contribution in [3.63, 3.8) is 0 Å². The number of likely N-dealkylation sites (N-methyl/N-ethyl adjacent to an activating group) is 1. The number of benzene rings is 1. The average Bonchev–Trinajstić information content (AvgIpc) is 2.47. The van der Waals surface area contributed by atoms with Crippen molar-refractivity contribution in [2.24, 2.45) is 0 Å². The molecule has 2 amide bonds. The normalized spacial score (nSPS) is 10.2. The quantitative estimate of drug-likeness (QED) is 0.712. The summed E-state index contributed by atoms with van der Waals surface area (Å²) >= 11 is 0. The number of anilines is 1. The van der Waals surface area contributed by atoms with Crippen LogP contribution in [0.5, 0.6) is 5.75 Å². The fraction of sp³-hybridized carbons (Fsp3) is 0.500. The maximum atomic E-state index is 11.9. The van der Waals surface area contributed by atoms with Crippen LogP contribution in [0.2, 0.25) is 0 Å². The van der Waals surface area contributed by atoms with E-state index in [-0.39, 0.29) is 18.4 Å². The predicted octanol–water partition coefficient (Wildman–Crippen LogP) is 1.40. The molecule has 0 heterocycles. The number of aryl methyl sites for hydroxylation is 1. The van der Waals surface area contributed by atoms with E-state index in [1.54, 1.807) is 20.2 Å². The van der Waals surface area contributed by atoms with Gasteiger partial charge in [0, 0.05) is 20.5 Å². The van der Waals surface area contributed by atoms with E-state index in [1.165, 1.54) is 4.90 Å². The minimum atomic E-state index is -0.132. The molecule has 0 unspecified atom stereocenters. The highest BCUT2D eigenvalue weighted by Crippen LogP contribution is 2.26. The third kappa shape index (κ3) is 6.13. The first-order valence-corrected chi connectivity index (χ1v) is 7.32. The Labute approximate surface area is 131 Å². The molecule has 0 fully saturated rings. The van der Waals surface area contributed by atoms with Gasteiger partial charge in [0.1, 0.15) is 5.75 Å². The van der Waals surface area contributed by atoms with Gasteiger partial charge >= 0.3 is 0 Å². The zero-order valence-corrected chi connectivity index (χ0v) is 13.7. The lowest BCUT2D eigenvalue weighted by atomic mass is 10.2. The van der Waals surface area contributed by atoms with Crippen LogP contribution in [-0.2, 0) is 9.59 Å². The number of rotatable bonds is 8. The molecule has 0 saturated carbocycles. The molecule has 0 aliphatic carbocycles. The molecule has 122 valence electrons. The van der Waals surface area contributed by atoms with Gasteiger partial charge in [0.25, 0.3) is 5.91 Å². The van der Waals surface area contributed by atoms with Crippen LogP contribution in [-0.4, -0.2) is 51.0 Å². The van der Waals surface area contributed by atoms with E-state index in [2.05, 4.69) is 10.6 Å². The Morgan fingerprint density at radius 1 is 1.27 bits per heavy atom. The molecule has 6 heteroatoms. The SMILES string of the molecule is CNCCCC(=O)Nc1ccc(C)cc1OCC(=O)N(C)C. The van der Waals surface area contributed by atoms with Gasteiger partial charge in [-0.05, 0) is 44.6 Å². The first kappa shape index (κ1) is 18.0. The van der Waals surface area contributed by atoms with Crippen molar-refractivity contribution in [2.45, 2.75) is 19.8 Å². The summed E-state index contributed by atoms with van der Waals surface area (Å²) in [6.07, 6.45) is 1.20. The van der Waals surface area contributed by atoms with Crippen LogP contribution in [0.4, 0.5) is 5.69 Å². The number of ether oxygens (including phenoxy) is 1. The lowest BCUT2D eigenvalue weighted by Crippen LogP contribution is -2.27. The van der Waals surface area contributed by atoms with Gasteiger partial charge in [0.2, 0.25) is 5.91 Å². The summed E-state index contributed by atoms with van der Waals surface area (Å²) in [4.78, 5) is 25.0. The molecule has 0 spiro atoms. The lowest BCUT2D eigenvalue weighted by Gasteiger charge is -2.15. The number of hydrogen-bond acceptors (Lipinski definition) is 4. The fourth-order valence-corrected chi connectivity index (χ4v) is 1.76. The molecule has 0 radical (unpaired) electrons. The van der Waals surface area contributed by atoms with Gasteiger partial charge < -0.3 is 20.3 Å². The lowest BCUT2D eigenvalue weighted by molar-refractivity contribution is -0.130. The molecule has 0 aliphatic rings. The van der Waals surface area contributed by atoms with Crippen LogP contribution in [0.15, 0.2) is 18.2 Å². The van der Waals surface area contributed by atoms with Gasteiger partial charge in [-0.15, -0.1) is 0 Å². The van der Waals surface area contributed by atoms with E-state index in [1.807, 2.05) is 26.1 Å². The zero-order chi connectivity index (χ0) is 16.5. The Balaban J connectivity index is 2.69. The van der Waals surface area contributed by atoms with Crippen molar-refractivity contribution in [1.29, 1.82) is 0 Å². The summed E-state index contributed by atoms with van der Waals surface area (Å²) in [5.74, 6) is 0.313. The molecule has 0 atom stereocenters. The third-order valence-electron chi connectivity index (χ3n) is 3.09. The fourth-order valence-electron chi connectivity index (χ4n) is 1.76. The summed E-state index contributed by atoms with van der Waals surface area (Å²) < 4.78 is 5.55. The Hall–Kier alpha value is -2.08. The van der Waals surface area contributed by atoms with E-state index < -0.39 is 0 Å². The molecule has 1 aromatic carbocycles. The first-order chi connectivity index (χ1) is 10.4. The monoisotopic (exact) mass is 307 g/mol. The zero-order valence-electron chi connectivity index (χ0n) is 13.7. The van der Waals surface area contributed by atoms with E-state index in [0.29, 0.717) is 17.9 Å². The molecule has 0 aromatic heterocycles. The molecule has 2 N–H and O–H groups in total. The Bertz CT molecular complexity index is 515. The minimum Gasteiger partial charge on any atom is -0.482 e. The average molecular weight is 307 g/mol. The van der Waals surface area contributed by atoms with E-state index in [4.69, 9.17) is 4.74 Å². The Morgan fingerprint density at radius 3 is 2.64 bits per heavy atom. The van der Waals surface area contributed by atoms with Gasteiger partial charge in [-0.2, -0.15) is 0 Å². The second-order valence-corrected chi connectivity index (χ2v) is 5.33. The smallest absolute Gasteiger partial charge is 0.259 e. The number of nitrogens with one attached hydrogen (secondary N) is 2. The minimum absolute atomic E-state index is 0.0565. The van der Waals surface area contributed by atoms with Crippen LogP contribution in [0.3, 0.4) is 0 Å². The number of carbonyl (C=O) groups excluding carboxylic acids is 2. The number of amides is 2. The van der Waals surface area contributed by atoms with Crippen molar-refractivity contribution >= 4 is 17.5 Å². The van der Waals surface area contributed by atoms with Crippen LogP contribution in [0.1, 0.15) is 18.4 Å². The second-order valence-electron chi connectivity index (χ2n) is 5.33. The maximum Gasteiger partial charge on any atom is 0.259 e. The van der Waals surface area contributed by atoms with Crippen molar-refractivity contribution in [1.82, 2.24) is 10.2 Å². The number of nitrogens with zero attached hydrogens (tertiary/aromatic N) is 1. The van der Waals surface area contributed by atoms with Crippen LogP contribution < -0.4 is 15.4 Å². The summed E-state index contributed by atoms with van der Waals surface area (Å²) in [7, 11) is 5.20. The highest BCUT2D eigenvalue weighted by Gasteiger charge is 2.11. The molecule has 1 rings (SSSR count). The highest BCUT2D eigenvalue weighted by atomic mass is 16.5. The molecule has 0 saturated heterocycles. The molecule has 6 nitrogen and oxygen atoms in total. The number of carbonyl (C=O) groups is 2. The largest absolute Gasteiger partial charge is 0.482 e. The van der Waals surface area contributed by atoms with Crippen molar-refractivity contribution in [3.05, 3.63) is 23.8 Å². The molecule has 0 bridgehead atoms. The molecule has 22 heavy (non-hydrogen) atoms. The topological polar surface area (TPSA) is 70.7 Å². The van der Waals surface area contributed by atoms with Gasteiger partial charge in [-0.25, -0.2) is 0 Å². The highest BCUT2D eigenvalue weighted by molar-refractivity contribution is 5.92. The van der Waals surface area contributed by atoms with Gasteiger partial charge in [0.05, 0.1) is 5.69 Å². The van der Waals surface area contributed by atoms with Gasteiger partial charge in [0.15, 0.2) is 6.61 Å². The van der Waals surface area contributed by atoms with Crippen LogP contribution in [0.25, 0.3) is 0 Å². The van der Waals surface area contributed by atoms with E-state index in [9.17, 15) is 9.59 Å². The predicted molar refractivity (Wildman–Crippen MR) is 87.2 cm³/mol. The summed E-state index contributed by atoms with van der Waals surface area (Å²) in [5, 5.41) is 5.84. The maximum absolute atomic E-state index is 11.9. The van der Waals surface area contributed by atoms with E-state index in [0.717, 1.165) is 18.5 Å². The van der Waals surface area contributed by atoms with Crippen molar-refractivity contribution in [3.8, 4) is 5.75 Å². The molecular weight excluding hydrogens is 282 g/mol. The Kier molecular flexibility index (Phi) is 7.39. The standard InChI is InChI=1S/C16H25N3O3/c1-12-7-8-13(18-15(20)6-5-9-17-2)14(10-12)22-11-16(21)19(3)4/h7-8,10,17H,5-6,9,11H2,1-4H3,(H,18,20). The van der Waals surface area contributed by atoms with Crippen molar-refractivity contribution < 1.29 is 14.3 Å². The summed E-state index contributed by atoms with van der Waals surface area (Å²) in [6, 6.07) is 5.50. The molecule has 1 aromatic rings. The third-order valence-corrected chi connectivity index (χ3v) is 3.09. The van der Waals surface area contributed by atoms with Crippen LogP contribution >= 0.6 is 0 Å². The summed E-state index contributed by atoms with van der Waals surface area (Å²) in [5.41, 5.74) is 1.59. The van der Waals surface area contributed by atoms with E-state index >= 15 is 0 Å². The van der Waals surface area contributed by atoms with Crippen molar-refractivity contribution in [2.75, 3.05) is 39.6 Å². The molecular formula is C16H25N3O3. The second kappa shape index (κ2) is 9.04. The number of hydrogen-bond donors (Lipinski definition) is 2.